The molecular weight excluding hydrogens is 397 g/mol. The van der Waals surface area contributed by atoms with Gasteiger partial charge in [-0.25, -0.2) is 9.99 Å². The van der Waals surface area contributed by atoms with Crippen LogP contribution >= 0.6 is 0 Å². The molecule has 2 heterocycles. The van der Waals surface area contributed by atoms with Crippen molar-refractivity contribution < 1.29 is 42.8 Å². The highest BCUT2D eigenvalue weighted by Crippen LogP contribution is 2.31. The van der Waals surface area contributed by atoms with Crippen LogP contribution in [0.5, 0.6) is 11.5 Å². The van der Waals surface area contributed by atoms with E-state index < -0.39 is 0 Å². The molecule has 1 N–H and O–H groups in total. The fourth-order valence-electron chi connectivity index (χ4n) is 1.95. The number of halogens is 1. The van der Waals surface area contributed by atoms with E-state index in [9.17, 15) is 4.79 Å². The predicted octanol–water partition coefficient (Wildman–Crippen LogP) is -1.99. The number of hydrazone groups is 1. The number of fused-ring (bicyclic) bond motifs is 1. The van der Waals surface area contributed by atoms with Crippen LogP contribution in [-0.2, 0) is 7.05 Å². The van der Waals surface area contributed by atoms with E-state index in [1.165, 1.54) is 0 Å². The summed E-state index contributed by atoms with van der Waals surface area (Å²) < 4.78 is 12.3. The van der Waals surface area contributed by atoms with Gasteiger partial charge in [-0.05, 0) is 29.8 Å². The number of aromatic nitrogens is 1. The minimum absolute atomic E-state index is 0. The molecule has 2 aromatic rings. The molecule has 0 bridgehead atoms. The van der Waals surface area contributed by atoms with Crippen molar-refractivity contribution in [3.8, 4) is 11.5 Å². The normalized spacial score (nSPS) is 12.0. The molecule has 0 atom stereocenters. The lowest BCUT2D eigenvalue weighted by molar-refractivity contribution is -0.671. The zero-order chi connectivity index (χ0) is 14.7. The van der Waals surface area contributed by atoms with Crippen molar-refractivity contribution in [3.05, 3.63) is 53.9 Å². The highest BCUT2D eigenvalue weighted by Gasteiger charge is 2.12. The fraction of sp³-hybridized carbons (Fsp3) is 0.133. The highest BCUT2D eigenvalue weighted by molar-refractivity contribution is 5.94. The number of carbonyl (C=O) groups excluding carboxylic acids is 1. The van der Waals surface area contributed by atoms with Crippen LogP contribution in [0.3, 0.4) is 0 Å². The van der Waals surface area contributed by atoms with Crippen molar-refractivity contribution in [2.24, 2.45) is 12.1 Å². The van der Waals surface area contributed by atoms with Gasteiger partial charge in [0.15, 0.2) is 23.9 Å². The van der Waals surface area contributed by atoms with Crippen LogP contribution in [0, 0.1) is 0 Å². The van der Waals surface area contributed by atoms with Gasteiger partial charge in [0, 0.05) is 6.07 Å². The summed E-state index contributed by atoms with van der Waals surface area (Å²) in [4.78, 5) is 11.9. The van der Waals surface area contributed by atoms with E-state index in [4.69, 9.17) is 9.47 Å². The second-order valence-corrected chi connectivity index (χ2v) is 4.57. The van der Waals surface area contributed by atoms with Crippen molar-refractivity contribution in [3.63, 3.8) is 0 Å². The largest absolute Gasteiger partial charge is 1.00 e. The first-order valence-corrected chi connectivity index (χ1v) is 6.41. The summed E-state index contributed by atoms with van der Waals surface area (Å²) >= 11 is 0. The molecule has 0 unspecified atom stereocenters. The van der Waals surface area contributed by atoms with E-state index in [2.05, 4.69) is 10.5 Å². The van der Waals surface area contributed by atoms with Gasteiger partial charge >= 0.3 is 0 Å². The molecule has 114 valence electrons. The molecule has 0 radical (unpaired) electrons. The third-order valence-electron chi connectivity index (χ3n) is 2.98. The predicted molar refractivity (Wildman–Crippen MR) is 75.2 cm³/mol. The van der Waals surface area contributed by atoms with Crippen LogP contribution in [0.2, 0.25) is 0 Å². The SMILES string of the molecule is C[n+]1cccc(C(=O)N/N=C/c2ccc3c(c2)OCO3)c1.[I-]. The Morgan fingerprint density at radius 1 is 1.32 bits per heavy atom. The lowest BCUT2D eigenvalue weighted by atomic mass is 10.2. The van der Waals surface area contributed by atoms with E-state index in [-0.39, 0.29) is 36.7 Å². The van der Waals surface area contributed by atoms with Gasteiger partial charge in [-0.2, -0.15) is 5.10 Å². The molecule has 0 aliphatic carbocycles. The molecule has 0 spiro atoms. The summed E-state index contributed by atoms with van der Waals surface area (Å²) in [7, 11) is 1.85. The molecule has 1 aliphatic rings. The first-order chi connectivity index (χ1) is 10.2. The molecule has 3 rings (SSSR count). The molecule has 1 aromatic heterocycles. The molecule has 0 saturated heterocycles. The van der Waals surface area contributed by atoms with Gasteiger partial charge in [-0.15, -0.1) is 0 Å². The van der Waals surface area contributed by atoms with E-state index in [1.807, 2.05) is 25.4 Å². The summed E-state index contributed by atoms with van der Waals surface area (Å²) in [6.07, 6.45) is 5.14. The van der Waals surface area contributed by atoms with Crippen molar-refractivity contribution in [2.45, 2.75) is 0 Å². The fourth-order valence-corrected chi connectivity index (χ4v) is 1.95. The minimum atomic E-state index is -0.261. The Labute approximate surface area is 144 Å². The topological polar surface area (TPSA) is 63.8 Å². The van der Waals surface area contributed by atoms with E-state index in [0.29, 0.717) is 17.1 Å². The molecule has 6 nitrogen and oxygen atoms in total. The average molecular weight is 411 g/mol. The van der Waals surface area contributed by atoms with Crippen molar-refractivity contribution >= 4 is 12.1 Å². The average Bonchev–Trinajstić information content (AvgIpc) is 2.94. The molecule has 0 fully saturated rings. The van der Waals surface area contributed by atoms with Crippen molar-refractivity contribution in [2.75, 3.05) is 6.79 Å². The number of hydrogen-bond donors (Lipinski definition) is 1. The van der Waals surface area contributed by atoms with Crippen LogP contribution in [-0.4, -0.2) is 18.9 Å². The summed E-state index contributed by atoms with van der Waals surface area (Å²) in [5.41, 5.74) is 3.85. The van der Waals surface area contributed by atoms with Gasteiger partial charge in [-0.1, -0.05) is 0 Å². The molecule has 1 aromatic carbocycles. The standard InChI is InChI=1S/C15H13N3O3.HI/c1-18-6-2-3-12(9-18)15(19)17-16-8-11-4-5-13-14(7-11)21-10-20-13;/h2-9H,10H2,1H3;1H/b16-8+;. The van der Waals surface area contributed by atoms with Crippen LogP contribution in [0.1, 0.15) is 15.9 Å². The lowest BCUT2D eigenvalue weighted by Crippen LogP contribution is -3.00. The van der Waals surface area contributed by atoms with E-state index in [0.717, 1.165) is 5.56 Å². The maximum atomic E-state index is 11.9. The Morgan fingerprint density at radius 2 is 2.14 bits per heavy atom. The first-order valence-electron chi connectivity index (χ1n) is 6.41. The Bertz CT molecular complexity index is 719. The summed E-state index contributed by atoms with van der Waals surface area (Å²) in [5.74, 6) is 1.14. The Kier molecular flexibility index (Phi) is 5.31. The highest BCUT2D eigenvalue weighted by atomic mass is 127. The Morgan fingerprint density at radius 3 is 2.95 bits per heavy atom. The number of carbonyl (C=O) groups is 1. The lowest BCUT2D eigenvalue weighted by Gasteiger charge is -1.99. The number of nitrogens with zero attached hydrogens (tertiary/aromatic N) is 2. The van der Waals surface area contributed by atoms with Gasteiger partial charge in [0.2, 0.25) is 6.79 Å². The first kappa shape index (κ1) is 16.2. The van der Waals surface area contributed by atoms with Crippen molar-refractivity contribution in [1.82, 2.24) is 5.43 Å². The van der Waals surface area contributed by atoms with Gasteiger partial charge in [0.25, 0.3) is 5.91 Å². The van der Waals surface area contributed by atoms with Gasteiger partial charge in [0.05, 0.1) is 6.21 Å². The van der Waals surface area contributed by atoms with Crippen molar-refractivity contribution in [1.29, 1.82) is 0 Å². The minimum Gasteiger partial charge on any atom is -1.00 e. The summed E-state index contributed by atoms with van der Waals surface area (Å²) in [5, 5.41) is 3.94. The van der Waals surface area contributed by atoms with Crippen LogP contribution in [0.25, 0.3) is 0 Å². The van der Waals surface area contributed by atoms with Crippen LogP contribution in [0.15, 0.2) is 47.8 Å². The van der Waals surface area contributed by atoms with Crippen LogP contribution in [0.4, 0.5) is 0 Å². The quantitative estimate of drug-likeness (QED) is 0.275. The summed E-state index contributed by atoms with van der Waals surface area (Å²) in [6, 6.07) is 8.98. The number of aryl methyl sites for hydroxylation is 1. The van der Waals surface area contributed by atoms with Crippen LogP contribution < -0.4 is 43.4 Å². The van der Waals surface area contributed by atoms with Gasteiger partial charge in [0.1, 0.15) is 12.6 Å². The number of hydrogen-bond acceptors (Lipinski definition) is 4. The summed E-state index contributed by atoms with van der Waals surface area (Å²) in [6.45, 7) is 0.234. The number of amides is 1. The van der Waals surface area contributed by atoms with E-state index in [1.54, 1.807) is 35.2 Å². The zero-order valence-corrected chi connectivity index (χ0v) is 14.0. The second-order valence-electron chi connectivity index (χ2n) is 4.57. The monoisotopic (exact) mass is 411 g/mol. The third kappa shape index (κ3) is 3.73. The number of ether oxygens (including phenoxy) is 2. The third-order valence-corrected chi connectivity index (χ3v) is 2.98. The molecule has 0 saturated carbocycles. The number of benzene rings is 1. The smallest absolute Gasteiger partial charge is 0.277 e. The Balaban J connectivity index is 0.00000176. The molecule has 1 aliphatic heterocycles. The maximum Gasteiger partial charge on any atom is 0.277 e. The number of nitrogens with one attached hydrogen (secondary N) is 1. The zero-order valence-electron chi connectivity index (χ0n) is 11.8. The molecule has 1 amide bonds. The maximum absolute atomic E-state index is 11.9. The molecule has 22 heavy (non-hydrogen) atoms. The molecule has 7 heteroatoms. The van der Waals surface area contributed by atoms with Gasteiger partial charge < -0.3 is 33.5 Å². The molecular formula is C15H14IN3O3. The van der Waals surface area contributed by atoms with Gasteiger partial charge in [-0.3, -0.25) is 4.79 Å². The number of pyridine rings is 1. The second kappa shape index (κ2) is 7.21. The Hall–Kier alpha value is -2.16. The number of rotatable bonds is 3. The van der Waals surface area contributed by atoms with E-state index >= 15 is 0 Å².